The quantitative estimate of drug-likeness (QED) is 0.897. The summed E-state index contributed by atoms with van der Waals surface area (Å²) in [7, 11) is -2.92. The minimum atomic E-state index is -2.92. The molecule has 0 spiro atoms. The van der Waals surface area contributed by atoms with Crippen molar-refractivity contribution in [1.29, 1.82) is 0 Å². The Hall–Kier alpha value is -0.390. The molecule has 5 heteroatoms. The third kappa shape index (κ3) is 4.08. The van der Waals surface area contributed by atoms with Crippen LogP contribution < -0.4 is 5.32 Å². The third-order valence-electron chi connectivity index (χ3n) is 4.66. The molecule has 21 heavy (non-hydrogen) atoms. The van der Waals surface area contributed by atoms with Gasteiger partial charge in [-0.3, -0.25) is 0 Å². The van der Waals surface area contributed by atoms with Gasteiger partial charge in [0.15, 0.2) is 0 Å². The highest BCUT2D eigenvalue weighted by Crippen LogP contribution is 2.39. The number of hydrogen-bond donors (Lipinski definition) is 1. The summed E-state index contributed by atoms with van der Waals surface area (Å²) in [5, 5.41) is 3.44. The third-order valence-corrected chi connectivity index (χ3v) is 7.53. The summed E-state index contributed by atoms with van der Waals surface area (Å²) in [6, 6.07) is 2.58. The van der Waals surface area contributed by atoms with Crippen molar-refractivity contribution in [2.75, 3.05) is 12.8 Å². The second-order valence-corrected chi connectivity index (χ2v) is 9.92. The molecule has 3 nitrogen and oxygen atoms in total. The van der Waals surface area contributed by atoms with Gasteiger partial charge in [-0.15, -0.1) is 11.3 Å². The topological polar surface area (TPSA) is 46.2 Å². The van der Waals surface area contributed by atoms with E-state index < -0.39 is 9.84 Å². The minimum absolute atomic E-state index is 0.153. The van der Waals surface area contributed by atoms with Gasteiger partial charge in [0.05, 0.1) is 5.25 Å². The smallest absolute Gasteiger partial charge is 0.150 e. The highest BCUT2D eigenvalue weighted by atomic mass is 32.2. The van der Waals surface area contributed by atoms with Crippen LogP contribution in [-0.2, 0) is 9.84 Å². The van der Waals surface area contributed by atoms with Crippen molar-refractivity contribution in [2.24, 2.45) is 5.92 Å². The fraction of sp³-hybridized carbons (Fsp3) is 0.750. The average molecular weight is 330 g/mol. The number of hydrogen-bond acceptors (Lipinski definition) is 4. The summed E-state index contributed by atoms with van der Waals surface area (Å²) in [4.78, 5) is 2.73. The van der Waals surface area contributed by atoms with Crippen molar-refractivity contribution < 1.29 is 8.42 Å². The van der Waals surface area contributed by atoms with E-state index in [9.17, 15) is 8.42 Å². The number of thiophene rings is 1. The maximum atomic E-state index is 11.9. The molecular formula is C16H27NO2S2. The zero-order valence-electron chi connectivity index (χ0n) is 13.5. The zero-order valence-corrected chi connectivity index (χ0v) is 15.1. The van der Waals surface area contributed by atoms with E-state index in [0.717, 1.165) is 32.2 Å². The SMILES string of the molecule is CCNC(c1cc(C)c(C)s1)C1CCCC(S(C)(=O)=O)C1. The number of sulfone groups is 1. The first-order chi connectivity index (χ1) is 9.82. The van der Waals surface area contributed by atoms with E-state index in [2.05, 4.69) is 32.2 Å². The number of aryl methyl sites for hydroxylation is 2. The van der Waals surface area contributed by atoms with Gasteiger partial charge >= 0.3 is 0 Å². The molecule has 0 aromatic carbocycles. The Kier molecular flexibility index (Phi) is 5.49. The van der Waals surface area contributed by atoms with Crippen LogP contribution in [0.25, 0.3) is 0 Å². The lowest BCUT2D eigenvalue weighted by molar-refractivity contribution is 0.278. The molecule has 0 saturated heterocycles. The summed E-state index contributed by atoms with van der Waals surface area (Å²) in [6.07, 6.45) is 5.16. The van der Waals surface area contributed by atoms with Crippen LogP contribution in [0.2, 0.25) is 0 Å². The molecule has 1 heterocycles. The van der Waals surface area contributed by atoms with Gasteiger partial charge in [0, 0.05) is 22.1 Å². The van der Waals surface area contributed by atoms with E-state index in [1.165, 1.54) is 21.6 Å². The van der Waals surface area contributed by atoms with Crippen molar-refractivity contribution >= 4 is 21.2 Å². The molecule has 1 fully saturated rings. The van der Waals surface area contributed by atoms with Crippen LogP contribution in [0.5, 0.6) is 0 Å². The van der Waals surface area contributed by atoms with Crippen molar-refractivity contribution in [2.45, 2.75) is 57.7 Å². The van der Waals surface area contributed by atoms with Crippen molar-refractivity contribution in [3.8, 4) is 0 Å². The van der Waals surface area contributed by atoms with Gasteiger partial charge in [0.2, 0.25) is 0 Å². The maximum absolute atomic E-state index is 11.9. The van der Waals surface area contributed by atoms with E-state index in [4.69, 9.17) is 0 Å². The summed E-state index contributed by atoms with van der Waals surface area (Å²) in [5.74, 6) is 0.427. The van der Waals surface area contributed by atoms with Crippen LogP contribution >= 0.6 is 11.3 Å². The minimum Gasteiger partial charge on any atom is -0.309 e. The first kappa shape index (κ1) is 17.0. The van der Waals surface area contributed by atoms with E-state index in [1.807, 2.05) is 11.3 Å². The fourth-order valence-corrected chi connectivity index (χ4v) is 5.75. The first-order valence-corrected chi connectivity index (χ1v) is 10.6. The Balaban J connectivity index is 2.21. The molecule has 3 unspecified atom stereocenters. The molecule has 1 aromatic heterocycles. The summed E-state index contributed by atoms with van der Waals surface area (Å²) >= 11 is 1.85. The molecule has 1 N–H and O–H groups in total. The van der Waals surface area contributed by atoms with Gasteiger partial charge in [-0.1, -0.05) is 13.3 Å². The van der Waals surface area contributed by atoms with E-state index >= 15 is 0 Å². The van der Waals surface area contributed by atoms with Crippen LogP contribution in [0.4, 0.5) is 0 Å². The first-order valence-electron chi connectivity index (χ1n) is 7.82. The molecular weight excluding hydrogens is 302 g/mol. The summed E-state index contributed by atoms with van der Waals surface area (Å²) in [5.41, 5.74) is 1.34. The van der Waals surface area contributed by atoms with Crippen LogP contribution in [0.1, 0.15) is 54.0 Å². The van der Waals surface area contributed by atoms with Crippen LogP contribution in [0.15, 0.2) is 6.07 Å². The Morgan fingerprint density at radius 1 is 1.38 bits per heavy atom. The Morgan fingerprint density at radius 3 is 2.62 bits per heavy atom. The molecule has 1 saturated carbocycles. The summed E-state index contributed by atoms with van der Waals surface area (Å²) in [6.45, 7) is 7.35. The molecule has 1 aromatic rings. The van der Waals surface area contributed by atoms with Gasteiger partial charge in [0.1, 0.15) is 9.84 Å². The molecule has 1 aliphatic carbocycles. The van der Waals surface area contributed by atoms with Gasteiger partial charge in [-0.05, 0) is 57.2 Å². The normalized spacial score (nSPS) is 25.0. The van der Waals surface area contributed by atoms with Gasteiger partial charge in [0.25, 0.3) is 0 Å². The zero-order chi connectivity index (χ0) is 15.6. The monoisotopic (exact) mass is 329 g/mol. The lowest BCUT2D eigenvalue weighted by Gasteiger charge is -2.34. The highest BCUT2D eigenvalue weighted by molar-refractivity contribution is 7.91. The van der Waals surface area contributed by atoms with Crippen molar-refractivity contribution in [3.05, 3.63) is 21.4 Å². The molecule has 120 valence electrons. The highest BCUT2D eigenvalue weighted by Gasteiger charge is 2.34. The molecule has 1 aliphatic rings. The maximum Gasteiger partial charge on any atom is 0.150 e. The largest absolute Gasteiger partial charge is 0.309 e. The molecule has 0 bridgehead atoms. The van der Waals surface area contributed by atoms with Gasteiger partial charge < -0.3 is 5.32 Å². The van der Waals surface area contributed by atoms with Crippen LogP contribution in [-0.4, -0.2) is 26.5 Å². The Labute approximate surface area is 133 Å². The lowest BCUT2D eigenvalue weighted by Crippen LogP contribution is -2.35. The van der Waals surface area contributed by atoms with Gasteiger partial charge in [-0.2, -0.15) is 0 Å². The molecule has 2 rings (SSSR count). The average Bonchev–Trinajstić information content (AvgIpc) is 2.75. The predicted octanol–water partition coefficient (Wildman–Crippen LogP) is 3.62. The second-order valence-electron chi connectivity index (χ2n) is 6.30. The lowest BCUT2D eigenvalue weighted by atomic mass is 9.83. The molecule has 0 amide bonds. The Morgan fingerprint density at radius 2 is 2.10 bits per heavy atom. The van der Waals surface area contributed by atoms with Crippen LogP contribution in [0.3, 0.4) is 0 Å². The van der Waals surface area contributed by atoms with E-state index in [0.29, 0.717) is 12.0 Å². The number of nitrogens with one attached hydrogen (secondary N) is 1. The van der Waals surface area contributed by atoms with E-state index in [-0.39, 0.29) is 5.25 Å². The second kappa shape index (κ2) is 6.80. The molecule has 3 atom stereocenters. The van der Waals surface area contributed by atoms with Crippen molar-refractivity contribution in [1.82, 2.24) is 5.32 Å². The fourth-order valence-electron chi connectivity index (χ4n) is 3.35. The standard InChI is InChI=1S/C16H27NO2S2/c1-5-17-16(15-9-11(2)12(3)20-15)13-7-6-8-14(10-13)21(4,18)19/h9,13-14,16-17H,5-8,10H2,1-4H3. The van der Waals surface area contributed by atoms with Crippen molar-refractivity contribution in [3.63, 3.8) is 0 Å². The summed E-state index contributed by atoms with van der Waals surface area (Å²) < 4.78 is 23.8. The van der Waals surface area contributed by atoms with E-state index in [1.54, 1.807) is 0 Å². The molecule has 0 radical (unpaired) electrons. The number of rotatable bonds is 5. The van der Waals surface area contributed by atoms with Crippen LogP contribution in [0, 0.1) is 19.8 Å². The predicted molar refractivity (Wildman–Crippen MR) is 90.8 cm³/mol. The Bertz CT molecular complexity index is 558. The molecule has 0 aliphatic heterocycles. The van der Waals surface area contributed by atoms with Gasteiger partial charge in [-0.25, -0.2) is 8.42 Å².